The molecule has 0 N–H and O–H groups in total. The van der Waals surface area contributed by atoms with E-state index in [1.807, 2.05) is 146 Å². The van der Waals surface area contributed by atoms with Gasteiger partial charge in [-0.2, -0.15) is 40.3 Å². The molecule has 0 bridgehead atoms. The predicted octanol–water partition coefficient (Wildman–Crippen LogP) is 6.66. The summed E-state index contributed by atoms with van der Waals surface area (Å²) in [5.74, 6) is 0. The minimum atomic E-state index is -3.86. The van der Waals surface area contributed by atoms with Gasteiger partial charge in [-0.3, -0.25) is 0 Å². The van der Waals surface area contributed by atoms with Gasteiger partial charge in [0, 0.05) is 39.2 Å². The van der Waals surface area contributed by atoms with Crippen LogP contribution in [0.2, 0.25) is 0 Å². The van der Waals surface area contributed by atoms with Crippen molar-refractivity contribution < 1.29 is 102 Å². The molecule has 0 aliphatic carbocycles. The van der Waals surface area contributed by atoms with Crippen molar-refractivity contribution in [2.45, 2.75) is 39.2 Å². The van der Waals surface area contributed by atoms with E-state index in [1.54, 1.807) is 97.1 Å². The third-order valence-electron chi connectivity index (χ3n) is 8.63. The zero-order valence-electron chi connectivity index (χ0n) is 36.6. The molecule has 0 heterocycles. The Kier molecular flexibility index (Phi) is 31.5. The van der Waals surface area contributed by atoms with Crippen LogP contribution in [0, 0.1) is 0 Å². The van der Waals surface area contributed by atoms with Crippen LogP contribution in [0.4, 0.5) is 0 Å². The Morgan fingerprint density at radius 3 is 0.352 bits per heavy atom. The van der Waals surface area contributed by atoms with Crippen LogP contribution in [0.3, 0.4) is 0 Å². The van der Waals surface area contributed by atoms with Crippen molar-refractivity contribution in [3.63, 3.8) is 0 Å². The van der Waals surface area contributed by atoms with Crippen LogP contribution in [0.15, 0.2) is 282 Å². The van der Waals surface area contributed by atoms with E-state index in [1.165, 1.54) is 0 Å². The molecule has 0 radical (unpaired) electrons. The second-order valence-electron chi connectivity index (χ2n) is 13.4. The third-order valence-corrected chi connectivity index (χ3v) is 32.0. The summed E-state index contributed by atoms with van der Waals surface area (Å²) in [6.45, 7) is 0. The summed E-state index contributed by atoms with van der Waals surface area (Å²) in [7, 11) is -4.21. The Balaban J connectivity index is 0.000000320. The predicted molar refractivity (Wildman–Crippen MR) is 284 cm³/mol. The Morgan fingerprint density at radius 1 is 0.197 bits per heavy atom. The molecule has 0 saturated carbocycles. The maximum atomic E-state index is 11.8. The summed E-state index contributed by atoms with van der Waals surface area (Å²) in [6.07, 6.45) is 0. The van der Waals surface area contributed by atoms with Gasteiger partial charge in [-0.25, -0.2) is 0 Å². The van der Waals surface area contributed by atoms with Crippen LogP contribution in [0.5, 0.6) is 0 Å². The summed E-state index contributed by atoms with van der Waals surface area (Å²) in [4.78, 5) is 100. The van der Waals surface area contributed by atoms with Crippen LogP contribution in [-0.2, 0) is 152 Å². The molecule has 0 aliphatic heterocycles. The van der Waals surface area contributed by atoms with Crippen molar-refractivity contribution in [2.75, 3.05) is 0 Å². The Hall–Kier alpha value is 0.0249. The summed E-state index contributed by atoms with van der Waals surface area (Å²) in [6, 6.07) is 72.8. The second kappa shape index (κ2) is 33.3. The van der Waals surface area contributed by atoms with Crippen molar-refractivity contribution in [3.05, 3.63) is 243 Å². The Bertz CT molecular complexity index is 2440. The molecular weight excluding hydrogens is 1370 g/mol. The quantitative estimate of drug-likeness (QED) is 0.0897. The van der Waals surface area contributed by atoms with Crippen LogP contribution in [0.25, 0.3) is 0 Å². The molecule has 0 aliphatic rings. The fraction of sp³-hybridized carbons (Fsp3) is 0. The number of rotatable bonds is 8. The van der Waals surface area contributed by atoms with Crippen LogP contribution >= 0.6 is 22.8 Å². The fourth-order valence-corrected chi connectivity index (χ4v) is 27.8. The molecule has 23 heteroatoms. The van der Waals surface area contributed by atoms with Gasteiger partial charge in [0.25, 0.3) is 0 Å². The van der Waals surface area contributed by atoms with E-state index >= 15 is 0 Å². The van der Waals surface area contributed by atoms with E-state index in [0.29, 0.717) is 0 Å². The summed E-state index contributed by atoms with van der Waals surface area (Å²) in [5, 5.41) is 0. The largest absolute Gasteiger partial charge is 4.00 e. The van der Waals surface area contributed by atoms with Gasteiger partial charge >= 0.3 is 63.2 Å². The van der Waals surface area contributed by atoms with Gasteiger partial charge in [0.2, 0.25) is 0 Å². The molecular formula is C48H40Mo3O8P4S8. The van der Waals surface area contributed by atoms with Crippen molar-refractivity contribution in [1.82, 2.24) is 0 Å². The molecule has 0 spiro atoms. The fourth-order valence-electron chi connectivity index (χ4n) is 5.97. The van der Waals surface area contributed by atoms with Crippen molar-refractivity contribution in [3.8, 4) is 0 Å². The first kappa shape index (κ1) is 67.1. The van der Waals surface area contributed by atoms with E-state index in [9.17, 15) is 39.1 Å². The van der Waals surface area contributed by atoms with Gasteiger partial charge in [-0.05, 0) is 97.1 Å². The van der Waals surface area contributed by atoms with E-state index in [0.717, 1.165) is 39.2 Å². The van der Waals surface area contributed by atoms with Crippen LogP contribution < -0.4 is 39.1 Å². The van der Waals surface area contributed by atoms with Gasteiger partial charge in [-0.1, -0.05) is 146 Å². The summed E-state index contributed by atoms with van der Waals surface area (Å²) in [5.41, 5.74) is -15.4. The topological polar surface area (TPSA) is 184 Å². The van der Waals surface area contributed by atoms with Crippen molar-refractivity contribution >= 4 is 112 Å². The van der Waals surface area contributed by atoms with Crippen molar-refractivity contribution in [1.29, 1.82) is 0 Å². The molecule has 0 saturated heterocycles. The van der Waals surface area contributed by atoms with Gasteiger partial charge in [0.15, 0.2) is 0 Å². The normalized spacial score (nSPS) is 11.3. The van der Waals surface area contributed by atoms with Crippen LogP contribution in [0.1, 0.15) is 0 Å². The average Bonchev–Trinajstić information content (AvgIpc) is 3.31. The number of benzene rings is 8. The molecule has 0 aromatic heterocycles. The summed E-state index contributed by atoms with van der Waals surface area (Å²) >= 11 is 18.7. The molecule has 366 valence electrons. The third kappa shape index (κ3) is 22.5. The zero-order chi connectivity index (χ0) is 49.2. The molecule has 8 nitrogen and oxygen atoms in total. The maximum Gasteiger partial charge on any atom is 4.00 e. The maximum absolute atomic E-state index is 11.8. The standard InChI is InChI=1S/4C12H10O2PS2.3Mo/c4*13-15(14,16)17(11-7-3-1-4-8-11)12-9-5-2-6-10-12;;;/h4*1-10H;;;/q4*-3;3*+4. The molecule has 8 aromatic carbocycles. The zero-order valence-corrected chi connectivity index (χ0v) is 52.8. The van der Waals surface area contributed by atoms with Gasteiger partial charge < -0.3 is 111 Å². The monoisotopic (exact) mass is 1420 g/mol. The first-order valence-electron chi connectivity index (χ1n) is 19.8. The SMILES string of the molecule is [Mo+4].[Mo+4].[Mo+4].[O-]P([O-])([S-])=S(c1ccccc1)c1ccccc1.[O-]P([O-])([S-])=S(c1ccccc1)c1ccccc1.[O-]P([O-])([S-])=S(c1ccccc1)c1ccccc1.[O-]P([O-])([S-])=S(c1ccccc1)c1ccccc1. The van der Waals surface area contributed by atoms with E-state index in [-0.39, 0.29) is 63.2 Å². The summed E-state index contributed by atoms with van der Waals surface area (Å²) < 4.78 is 0. The first-order chi connectivity index (χ1) is 32.4. The van der Waals surface area contributed by atoms with E-state index in [2.05, 4.69) is 49.0 Å². The minimum absolute atomic E-state index is 0. The van der Waals surface area contributed by atoms with Crippen molar-refractivity contribution in [2.24, 2.45) is 0 Å². The van der Waals surface area contributed by atoms with E-state index in [4.69, 9.17) is 0 Å². The molecule has 8 aromatic rings. The van der Waals surface area contributed by atoms with E-state index < -0.39 is 63.1 Å². The van der Waals surface area contributed by atoms with Crippen LogP contribution in [-0.4, -0.2) is 0 Å². The molecule has 0 atom stereocenters. The number of hydrogen-bond acceptors (Lipinski definition) is 12. The minimum Gasteiger partial charge on any atom is -0.853 e. The first-order valence-corrected chi connectivity index (χ1v) is 37.7. The second-order valence-corrected chi connectivity index (χ2v) is 41.8. The van der Waals surface area contributed by atoms with Gasteiger partial charge in [0.05, 0.1) is 0 Å². The molecule has 8 rings (SSSR count). The molecule has 0 amide bonds. The average molecular weight is 1410 g/mol. The smallest absolute Gasteiger partial charge is 0.853 e. The Labute approximate surface area is 490 Å². The Morgan fingerprint density at radius 2 is 0.282 bits per heavy atom. The molecule has 0 unspecified atom stereocenters. The molecule has 71 heavy (non-hydrogen) atoms. The van der Waals surface area contributed by atoms with Gasteiger partial charge in [0.1, 0.15) is 0 Å². The molecule has 0 fully saturated rings. The van der Waals surface area contributed by atoms with Gasteiger partial charge in [-0.15, -0.1) is 0 Å². The number of hydrogen-bond donors (Lipinski definition) is 0.